The summed E-state index contributed by atoms with van der Waals surface area (Å²) in [4.78, 5) is 14.8. The Hall–Kier alpha value is -1.36. The number of aromatic nitrogens is 2. The van der Waals surface area contributed by atoms with Crippen LogP contribution in [0.4, 0.5) is 0 Å². The molecule has 18 heavy (non-hydrogen) atoms. The second kappa shape index (κ2) is 6.00. The minimum atomic E-state index is -0.309. The van der Waals surface area contributed by atoms with Gasteiger partial charge in [-0.1, -0.05) is 20.8 Å². The number of rotatable bonds is 5. The summed E-state index contributed by atoms with van der Waals surface area (Å²) in [7, 11) is 3.37. The summed E-state index contributed by atoms with van der Waals surface area (Å²) in [6.07, 6.45) is 4.37. The van der Waals surface area contributed by atoms with Crippen molar-refractivity contribution in [1.82, 2.24) is 10.3 Å². The van der Waals surface area contributed by atoms with E-state index in [1.165, 1.54) is 7.11 Å². The number of nitrogens with one attached hydrogen (secondary N) is 2. The van der Waals surface area contributed by atoms with Crippen LogP contribution < -0.4 is 9.88 Å². The predicted octanol–water partition coefficient (Wildman–Crippen LogP) is 0.559. The average Bonchev–Trinajstić information content (AvgIpc) is 2.68. The van der Waals surface area contributed by atoms with Gasteiger partial charge in [-0.25, -0.2) is 9.55 Å². The van der Waals surface area contributed by atoms with Crippen molar-refractivity contribution in [2.75, 3.05) is 13.7 Å². The molecular weight excluding hydrogens is 230 g/mol. The summed E-state index contributed by atoms with van der Waals surface area (Å²) in [5, 5.41) is 3.27. The Morgan fingerprint density at radius 3 is 2.67 bits per heavy atom. The van der Waals surface area contributed by atoms with Crippen LogP contribution >= 0.6 is 0 Å². The molecule has 0 spiro atoms. The first kappa shape index (κ1) is 14.7. The number of aromatic amines is 1. The Kier molecular flexibility index (Phi) is 4.90. The highest BCUT2D eigenvalue weighted by Crippen LogP contribution is 2.11. The quantitative estimate of drug-likeness (QED) is 0.596. The van der Waals surface area contributed by atoms with E-state index < -0.39 is 0 Å². The van der Waals surface area contributed by atoms with Gasteiger partial charge in [-0.15, -0.1) is 0 Å². The van der Waals surface area contributed by atoms with Gasteiger partial charge in [-0.3, -0.25) is 4.79 Å². The highest BCUT2D eigenvalue weighted by Gasteiger charge is 2.24. The standard InChI is InChI=1S/C13H23N3O2/c1-13(2,3)8-15-11(12(17)18-5)6-10-7-14-9-16(10)4/h7,9,11,15H,6,8H2,1-5H3/p+1. The lowest BCUT2D eigenvalue weighted by Crippen LogP contribution is -2.45. The molecule has 5 heteroatoms. The molecule has 1 heterocycles. The SMILES string of the molecule is COC(=O)C(Cc1c[nH]c[n+]1C)NCC(C)(C)C. The fraction of sp³-hybridized carbons (Fsp3) is 0.692. The third kappa shape index (κ3) is 4.49. The number of imidazole rings is 1. The molecule has 0 amide bonds. The number of hydrogen-bond acceptors (Lipinski definition) is 3. The van der Waals surface area contributed by atoms with Gasteiger partial charge in [0.2, 0.25) is 6.33 Å². The van der Waals surface area contributed by atoms with Crippen molar-refractivity contribution in [3.05, 3.63) is 18.2 Å². The molecule has 1 aromatic heterocycles. The molecule has 0 aromatic carbocycles. The first-order chi connectivity index (χ1) is 8.33. The Labute approximate surface area is 109 Å². The minimum absolute atomic E-state index is 0.132. The number of carbonyl (C=O) groups excluding carboxylic acids is 1. The van der Waals surface area contributed by atoms with E-state index in [2.05, 4.69) is 31.1 Å². The topological polar surface area (TPSA) is 58.0 Å². The maximum absolute atomic E-state index is 11.8. The second-order valence-corrected chi connectivity index (χ2v) is 5.76. The fourth-order valence-electron chi connectivity index (χ4n) is 1.65. The molecular formula is C13H24N3O2+. The molecule has 1 atom stereocenters. The molecule has 0 saturated heterocycles. The molecule has 0 fully saturated rings. The van der Waals surface area contributed by atoms with Crippen molar-refractivity contribution < 1.29 is 14.1 Å². The van der Waals surface area contributed by atoms with Crippen molar-refractivity contribution in [2.24, 2.45) is 12.5 Å². The maximum Gasteiger partial charge on any atom is 0.323 e. The summed E-state index contributed by atoms with van der Waals surface area (Å²) < 4.78 is 6.81. The normalized spacial score (nSPS) is 13.4. The van der Waals surface area contributed by atoms with Gasteiger partial charge in [0.25, 0.3) is 0 Å². The van der Waals surface area contributed by atoms with E-state index in [0.29, 0.717) is 6.42 Å². The zero-order valence-electron chi connectivity index (χ0n) is 11.9. The number of ether oxygens (including phenoxy) is 1. The zero-order valence-corrected chi connectivity index (χ0v) is 11.9. The predicted molar refractivity (Wildman–Crippen MR) is 68.9 cm³/mol. The van der Waals surface area contributed by atoms with Crippen molar-refractivity contribution in [1.29, 1.82) is 0 Å². The molecule has 0 aliphatic rings. The summed E-state index contributed by atoms with van der Waals surface area (Å²) in [6.45, 7) is 7.15. The zero-order chi connectivity index (χ0) is 13.8. The van der Waals surface area contributed by atoms with Crippen LogP contribution in [0.25, 0.3) is 0 Å². The van der Waals surface area contributed by atoms with Gasteiger partial charge in [0.05, 0.1) is 14.2 Å². The van der Waals surface area contributed by atoms with E-state index in [0.717, 1.165) is 12.2 Å². The molecule has 0 bridgehead atoms. The Balaban J connectivity index is 2.67. The number of H-pyrrole nitrogens is 1. The van der Waals surface area contributed by atoms with Crippen molar-refractivity contribution in [3.63, 3.8) is 0 Å². The first-order valence-electron chi connectivity index (χ1n) is 6.16. The Morgan fingerprint density at radius 2 is 2.22 bits per heavy atom. The monoisotopic (exact) mass is 254 g/mol. The molecule has 0 aliphatic heterocycles. The van der Waals surface area contributed by atoms with Crippen molar-refractivity contribution in [3.8, 4) is 0 Å². The molecule has 1 aromatic rings. The van der Waals surface area contributed by atoms with E-state index >= 15 is 0 Å². The molecule has 0 radical (unpaired) electrons. The average molecular weight is 254 g/mol. The third-order valence-corrected chi connectivity index (χ3v) is 2.75. The lowest BCUT2D eigenvalue weighted by Gasteiger charge is -2.23. The van der Waals surface area contributed by atoms with Gasteiger partial charge < -0.3 is 10.1 Å². The summed E-state index contributed by atoms with van der Waals surface area (Å²) >= 11 is 0. The third-order valence-electron chi connectivity index (χ3n) is 2.75. The summed E-state index contributed by atoms with van der Waals surface area (Å²) in [5.74, 6) is -0.222. The highest BCUT2D eigenvalue weighted by molar-refractivity contribution is 5.75. The molecule has 102 valence electrons. The van der Waals surface area contributed by atoms with Crippen LogP contribution in [0.15, 0.2) is 12.5 Å². The number of aryl methyl sites for hydroxylation is 1. The molecule has 2 N–H and O–H groups in total. The summed E-state index contributed by atoms with van der Waals surface area (Å²) in [5.41, 5.74) is 1.19. The van der Waals surface area contributed by atoms with Gasteiger partial charge >= 0.3 is 5.97 Å². The van der Waals surface area contributed by atoms with Gasteiger partial charge in [0, 0.05) is 13.0 Å². The smallest absolute Gasteiger partial charge is 0.323 e. The number of carbonyl (C=O) groups is 1. The van der Waals surface area contributed by atoms with Crippen LogP contribution in [0.5, 0.6) is 0 Å². The minimum Gasteiger partial charge on any atom is -0.468 e. The Bertz CT molecular complexity index is 393. The van der Waals surface area contributed by atoms with Crippen molar-refractivity contribution in [2.45, 2.75) is 33.2 Å². The van der Waals surface area contributed by atoms with E-state index in [4.69, 9.17) is 4.74 Å². The Morgan fingerprint density at radius 1 is 1.56 bits per heavy atom. The number of esters is 1. The second-order valence-electron chi connectivity index (χ2n) is 5.76. The molecule has 1 rings (SSSR count). The van der Waals surface area contributed by atoms with E-state index in [1.54, 1.807) is 0 Å². The van der Waals surface area contributed by atoms with Crippen LogP contribution in [0.1, 0.15) is 26.5 Å². The van der Waals surface area contributed by atoms with E-state index in [-0.39, 0.29) is 17.4 Å². The van der Waals surface area contributed by atoms with Gasteiger partial charge in [0.1, 0.15) is 17.9 Å². The van der Waals surface area contributed by atoms with Crippen LogP contribution in [-0.2, 0) is 23.0 Å². The highest BCUT2D eigenvalue weighted by atomic mass is 16.5. The number of methoxy groups -OCH3 is 1. The lowest BCUT2D eigenvalue weighted by molar-refractivity contribution is -0.677. The number of nitrogens with zero attached hydrogens (tertiary/aromatic N) is 1. The van der Waals surface area contributed by atoms with Crippen LogP contribution in [-0.4, -0.2) is 30.6 Å². The molecule has 5 nitrogen and oxygen atoms in total. The summed E-state index contributed by atoms with van der Waals surface area (Å²) in [6, 6.07) is -0.309. The van der Waals surface area contributed by atoms with E-state index in [1.807, 2.05) is 24.1 Å². The molecule has 1 unspecified atom stereocenters. The van der Waals surface area contributed by atoms with Crippen LogP contribution in [0.2, 0.25) is 0 Å². The lowest BCUT2D eigenvalue weighted by atomic mass is 9.96. The molecule has 0 aliphatic carbocycles. The van der Waals surface area contributed by atoms with Gasteiger partial charge in [-0.05, 0) is 5.41 Å². The molecule has 0 saturated carbocycles. The fourth-order valence-corrected chi connectivity index (χ4v) is 1.65. The van der Waals surface area contributed by atoms with Gasteiger partial charge in [-0.2, -0.15) is 0 Å². The van der Waals surface area contributed by atoms with Crippen molar-refractivity contribution >= 4 is 5.97 Å². The van der Waals surface area contributed by atoms with Crippen LogP contribution in [0, 0.1) is 5.41 Å². The van der Waals surface area contributed by atoms with Gasteiger partial charge in [0.15, 0.2) is 0 Å². The van der Waals surface area contributed by atoms with Crippen LogP contribution in [0.3, 0.4) is 0 Å². The number of hydrogen-bond donors (Lipinski definition) is 2. The first-order valence-corrected chi connectivity index (χ1v) is 6.16. The van der Waals surface area contributed by atoms with E-state index in [9.17, 15) is 4.79 Å². The largest absolute Gasteiger partial charge is 0.468 e. The maximum atomic E-state index is 11.8.